The Labute approximate surface area is 282 Å². The van der Waals surface area contributed by atoms with E-state index < -0.39 is 7.14 Å². The number of piperidine rings is 1. The molecule has 0 spiro atoms. The Kier molecular flexibility index (Phi) is 8.63. The van der Waals surface area contributed by atoms with Crippen molar-refractivity contribution in [2.24, 2.45) is 7.05 Å². The number of nitrogens with zero attached hydrogens (tertiary/aromatic N) is 8. The Balaban J connectivity index is 1.24. The third-order valence-electron chi connectivity index (χ3n) is 8.91. The first kappa shape index (κ1) is 31.5. The second kappa shape index (κ2) is 12.9. The lowest BCUT2D eigenvalue weighted by Gasteiger charge is -2.45. The lowest BCUT2D eigenvalue weighted by Crippen LogP contribution is -2.55. The summed E-state index contributed by atoms with van der Waals surface area (Å²) in [5.74, 6) is 1.56. The van der Waals surface area contributed by atoms with Crippen LogP contribution in [0.2, 0.25) is 0 Å². The van der Waals surface area contributed by atoms with Gasteiger partial charge in [-0.25, -0.2) is 4.98 Å². The van der Waals surface area contributed by atoms with Gasteiger partial charge in [0.1, 0.15) is 24.2 Å². The number of hydrogen-bond acceptors (Lipinski definition) is 11. The van der Waals surface area contributed by atoms with Gasteiger partial charge in [0.25, 0.3) is 0 Å². The Morgan fingerprint density at radius 3 is 2.64 bits per heavy atom. The molecule has 2 N–H and O–H groups in total. The molecule has 2 aromatic carbocycles. The van der Waals surface area contributed by atoms with Gasteiger partial charge in [0, 0.05) is 80.4 Å². The van der Waals surface area contributed by atoms with E-state index in [-0.39, 0.29) is 0 Å². The van der Waals surface area contributed by atoms with Crippen LogP contribution in [0.3, 0.4) is 0 Å². The maximum Gasteiger partial charge on any atom is 0.229 e. The number of hydrogen-bond donors (Lipinski definition) is 2. The molecule has 0 bridgehead atoms. The van der Waals surface area contributed by atoms with E-state index in [1.54, 1.807) is 39.0 Å². The fourth-order valence-corrected chi connectivity index (χ4v) is 8.38. The van der Waals surface area contributed by atoms with Crippen LogP contribution in [0.25, 0.3) is 22.2 Å². The first-order valence-electron chi connectivity index (χ1n) is 15.7. The molecule has 14 heteroatoms. The zero-order valence-corrected chi connectivity index (χ0v) is 29.4. The second-order valence-electron chi connectivity index (χ2n) is 12.5. The van der Waals surface area contributed by atoms with Crippen LogP contribution in [-0.4, -0.2) is 87.3 Å². The van der Waals surface area contributed by atoms with Crippen molar-refractivity contribution in [3.05, 3.63) is 59.7 Å². The molecule has 0 radical (unpaired) electrons. The first-order chi connectivity index (χ1) is 22.7. The highest BCUT2D eigenvalue weighted by molar-refractivity contribution is 9.10. The molecule has 1 atom stereocenters. The summed E-state index contributed by atoms with van der Waals surface area (Å²) in [5.41, 5.74) is 5.87. The molecule has 244 valence electrons. The molecule has 0 aliphatic carbocycles. The maximum atomic E-state index is 13.5. The molecule has 0 amide bonds. The third-order valence-corrected chi connectivity index (χ3v) is 11.0. The lowest BCUT2D eigenvalue weighted by molar-refractivity contribution is 0.133. The molecule has 3 aromatic heterocycles. The van der Waals surface area contributed by atoms with E-state index in [1.165, 1.54) is 25.8 Å². The number of fused-ring (bicyclic) bond motifs is 2. The molecular formula is C33H38BrN10O2P. The summed E-state index contributed by atoms with van der Waals surface area (Å²) in [5, 5.41) is 11.9. The normalized spacial score (nSPS) is 17.0. The molecule has 2 saturated heterocycles. The average molecular weight is 718 g/mol. The minimum absolute atomic E-state index is 0.369. The summed E-state index contributed by atoms with van der Waals surface area (Å²) >= 11 is 3.59. The maximum absolute atomic E-state index is 13.5. The van der Waals surface area contributed by atoms with Gasteiger partial charge < -0.3 is 24.8 Å². The van der Waals surface area contributed by atoms with Gasteiger partial charge in [-0.3, -0.25) is 19.5 Å². The van der Waals surface area contributed by atoms with E-state index in [2.05, 4.69) is 68.5 Å². The summed E-state index contributed by atoms with van der Waals surface area (Å²) in [6.45, 7) is 7.65. The molecule has 12 nitrogen and oxygen atoms in total. The monoisotopic (exact) mass is 716 g/mol. The smallest absolute Gasteiger partial charge is 0.229 e. The van der Waals surface area contributed by atoms with Crippen molar-refractivity contribution in [1.82, 2.24) is 34.6 Å². The van der Waals surface area contributed by atoms with Crippen LogP contribution in [0.4, 0.5) is 28.8 Å². The fourth-order valence-electron chi connectivity index (χ4n) is 6.69. The van der Waals surface area contributed by atoms with Crippen LogP contribution in [0.15, 0.2) is 59.7 Å². The number of aromatic nitrogens is 6. The van der Waals surface area contributed by atoms with E-state index in [9.17, 15) is 4.57 Å². The van der Waals surface area contributed by atoms with E-state index in [4.69, 9.17) is 9.72 Å². The second-order valence-corrected chi connectivity index (χ2v) is 16.5. The number of anilines is 5. The molecule has 2 aliphatic rings. The number of methoxy groups -OCH3 is 1. The molecule has 5 aromatic rings. The van der Waals surface area contributed by atoms with Gasteiger partial charge in [0.15, 0.2) is 0 Å². The highest BCUT2D eigenvalue weighted by Crippen LogP contribution is 2.43. The first-order valence-corrected chi connectivity index (χ1v) is 19.1. The average Bonchev–Trinajstić information content (AvgIpc) is 3.51. The zero-order valence-electron chi connectivity index (χ0n) is 26.9. The van der Waals surface area contributed by atoms with Gasteiger partial charge in [0.2, 0.25) is 5.95 Å². The number of ether oxygens (including phenoxy) is 1. The quantitative estimate of drug-likeness (QED) is 0.184. The van der Waals surface area contributed by atoms with Crippen LogP contribution < -0.4 is 25.6 Å². The summed E-state index contributed by atoms with van der Waals surface area (Å²) in [7, 11) is 0.854. The summed E-state index contributed by atoms with van der Waals surface area (Å²) in [6, 6.07) is 8.50. The minimum Gasteiger partial charge on any atom is -0.494 e. The number of rotatable bonds is 8. The fraction of sp³-hybridized carbons (Fsp3) is 0.364. The Hall–Kier alpha value is -4.06. The Morgan fingerprint density at radius 1 is 1.00 bits per heavy atom. The lowest BCUT2D eigenvalue weighted by atomic mass is 9.97. The molecule has 5 heterocycles. The van der Waals surface area contributed by atoms with E-state index >= 15 is 0 Å². The molecule has 47 heavy (non-hydrogen) atoms. The van der Waals surface area contributed by atoms with Crippen LogP contribution in [0, 0.1) is 0 Å². The van der Waals surface area contributed by atoms with Crippen molar-refractivity contribution in [2.75, 3.05) is 62.2 Å². The number of nitrogens with one attached hydrogen (secondary N) is 2. The zero-order chi connectivity index (χ0) is 32.7. The van der Waals surface area contributed by atoms with Gasteiger partial charge in [0.05, 0.1) is 40.0 Å². The molecule has 2 fully saturated rings. The van der Waals surface area contributed by atoms with Crippen molar-refractivity contribution in [3.63, 3.8) is 0 Å². The molecule has 0 unspecified atom stereocenters. The molecule has 2 aliphatic heterocycles. The van der Waals surface area contributed by atoms with Crippen LogP contribution in [0.5, 0.6) is 5.75 Å². The molecular weight excluding hydrogens is 679 g/mol. The number of piperazine rings is 1. The van der Waals surface area contributed by atoms with Gasteiger partial charge in [-0.2, -0.15) is 10.1 Å². The van der Waals surface area contributed by atoms with Crippen molar-refractivity contribution < 1.29 is 9.30 Å². The van der Waals surface area contributed by atoms with Crippen molar-refractivity contribution in [1.29, 1.82) is 0 Å². The van der Waals surface area contributed by atoms with E-state index in [1.807, 2.05) is 36.3 Å². The van der Waals surface area contributed by atoms with Gasteiger partial charge >= 0.3 is 0 Å². The van der Waals surface area contributed by atoms with Crippen LogP contribution >= 0.6 is 23.1 Å². The van der Waals surface area contributed by atoms with E-state index in [0.717, 1.165) is 42.1 Å². The van der Waals surface area contributed by atoms with Crippen molar-refractivity contribution in [2.45, 2.75) is 25.3 Å². The summed E-state index contributed by atoms with van der Waals surface area (Å²) < 4.78 is 21.9. The molecule has 0 saturated carbocycles. The number of aryl methyl sites for hydroxylation is 1. The topological polar surface area (TPSA) is 126 Å². The van der Waals surface area contributed by atoms with Crippen molar-refractivity contribution >= 4 is 68.2 Å². The number of benzene rings is 2. The predicted molar refractivity (Wildman–Crippen MR) is 192 cm³/mol. The van der Waals surface area contributed by atoms with Crippen molar-refractivity contribution in [3.8, 4) is 16.9 Å². The van der Waals surface area contributed by atoms with Gasteiger partial charge in [-0.1, -0.05) is 6.42 Å². The SMILES string of the molecule is COc1cc(N2CCN3CCCC[C@H]3C2)c(-c2cnn(C)c2)cc1Nc1ncc(Br)c(Nc2ccc3nccnc3c2P(C)(C)=O)n1. The standard InChI is InChI=1S/C33H38BrN10O2P/c1-42-19-21(17-38-42)23-15-27(29(46-2)16-28(23)44-14-13-43-12-6-5-7-22(43)20-44)40-33-37-18-24(34)32(41-33)39-26-9-8-25-30(36-11-10-35-25)31(26)47(3,4)45/h8-11,15-19,22H,5-7,12-14,20H2,1-4H3,(H2,37,39,40,41)/t22-/m0/s1. The van der Waals surface area contributed by atoms with E-state index in [0.29, 0.717) is 50.1 Å². The Bertz CT molecular complexity index is 2000. The summed E-state index contributed by atoms with van der Waals surface area (Å²) in [6.07, 6.45) is 12.7. The number of halogens is 1. The largest absolute Gasteiger partial charge is 0.494 e. The highest BCUT2D eigenvalue weighted by Gasteiger charge is 2.31. The highest BCUT2D eigenvalue weighted by atomic mass is 79.9. The minimum atomic E-state index is -2.76. The van der Waals surface area contributed by atoms with Gasteiger partial charge in [-0.05, 0) is 66.8 Å². The predicted octanol–water partition coefficient (Wildman–Crippen LogP) is 6.00. The van der Waals surface area contributed by atoms with Crippen LogP contribution in [0.1, 0.15) is 19.3 Å². The molecule has 7 rings (SSSR count). The third kappa shape index (κ3) is 6.44. The van der Waals surface area contributed by atoms with Gasteiger partial charge in [-0.15, -0.1) is 0 Å². The van der Waals surface area contributed by atoms with Crippen LogP contribution in [-0.2, 0) is 11.6 Å². The Morgan fingerprint density at radius 2 is 1.85 bits per heavy atom. The summed E-state index contributed by atoms with van der Waals surface area (Å²) in [4.78, 5) is 23.4.